The molecule has 1 heterocycles. The van der Waals surface area contributed by atoms with Gasteiger partial charge in [0.05, 0.1) is 23.1 Å². The lowest BCUT2D eigenvalue weighted by Gasteiger charge is -2.52. The van der Waals surface area contributed by atoms with Gasteiger partial charge in [0.15, 0.2) is 0 Å². The molecule has 1 saturated heterocycles. The predicted octanol–water partition coefficient (Wildman–Crippen LogP) is 3.96. The van der Waals surface area contributed by atoms with Crippen LogP contribution < -0.4 is 4.90 Å². The lowest BCUT2D eigenvalue weighted by Crippen LogP contribution is -2.51. The van der Waals surface area contributed by atoms with Crippen molar-refractivity contribution in [3.05, 3.63) is 101 Å². The largest absolute Gasteiger partial charge is 0.478 e. The molecule has 2 atom stereocenters. The molecular formula is C26H19NO4. The van der Waals surface area contributed by atoms with Crippen molar-refractivity contribution in [3.63, 3.8) is 0 Å². The van der Waals surface area contributed by atoms with E-state index in [4.69, 9.17) is 0 Å². The molecule has 0 radical (unpaired) electrons. The number of hydrogen-bond acceptors (Lipinski definition) is 3. The molecule has 1 N–H and O–H groups in total. The number of aromatic carboxylic acids is 1. The summed E-state index contributed by atoms with van der Waals surface area (Å²) in [5.74, 6) is -2.60. The maximum absolute atomic E-state index is 13.8. The standard InChI is InChI=1S/C26H19NO4/c1-26-18-8-4-2-6-16(18)20(17-7-3-5-9-19(17)26)21-22(26)24(29)27(23(21)28)15-12-10-14(11-13-15)25(30)31/h2-13,20-22H,1H3,(H,30,31)/t20?,21-,22+,26?/m1/s1. The molecule has 0 unspecified atom stereocenters. The van der Waals surface area contributed by atoms with Gasteiger partial charge in [-0.15, -0.1) is 0 Å². The summed E-state index contributed by atoms with van der Waals surface area (Å²) in [5.41, 5.74) is 4.41. The van der Waals surface area contributed by atoms with E-state index in [1.54, 1.807) is 12.1 Å². The zero-order valence-electron chi connectivity index (χ0n) is 16.8. The number of imide groups is 1. The number of carboxylic acid groups (broad SMARTS) is 1. The molecule has 3 aromatic carbocycles. The molecule has 4 aliphatic rings. The molecule has 7 rings (SSSR count). The summed E-state index contributed by atoms with van der Waals surface area (Å²) in [4.78, 5) is 40.0. The van der Waals surface area contributed by atoms with Crippen LogP contribution in [0.25, 0.3) is 0 Å². The van der Waals surface area contributed by atoms with Crippen LogP contribution in [-0.4, -0.2) is 22.9 Å². The van der Waals surface area contributed by atoms with Gasteiger partial charge in [-0.05, 0) is 46.5 Å². The molecule has 3 aliphatic carbocycles. The summed E-state index contributed by atoms with van der Waals surface area (Å²) in [6.45, 7) is 2.08. The number of carboxylic acids is 1. The highest BCUT2D eigenvalue weighted by molar-refractivity contribution is 6.23. The minimum atomic E-state index is -1.05. The summed E-state index contributed by atoms with van der Waals surface area (Å²) in [5, 5.41) is 9.18. The summed E-state index contributed by atoms with van der Waals surface area (Å²) in [6, 6.07) is 22.2. The second kappa shape index (κ2) is 5.91. The fraction of sp³-hybridized carbons (Fsp3) is 0.192. The predicted molar refractivity (Wildman–Crippen MR) is 114 cm³/mol. The van der Waals surface area contributed by atoms with E-state index in [2.05, 4.69) is 31.2 Å². The Morgan fingerprint density at radius 3 is 1.94 bits per heavy atom. The highest BCUT2D eigenvalue weighted by Gasteiger charge is 2.66. The Balaban J connectivity index is 1.55. The molecule has 5 heteroatoms. The third-order valence-electron chi connectivity index (χ3n) is 7.42. The summed E-state index contributed by atoms with van der Waals surface area (Å²) in [6.07, 6.45) is 0. The van der Waals surface area contributed by atoms with E-state index in [9.17, 15) is 19.5 Å². The lowest BCUT2D eigenvalue weighted by atomic mass is 9.48. The fourth-order valence-electron chi connectivity index (χ4n) is 6.16. The first kappa shape index (κ1) is 18.1. The smallest absolute Gasteiger partial charge is 0.335 e. The van der Waals surface area contributed by atoms with E-state index in [-0.39, 0.29) is 23.3 Å². The van der Waals surface area contributed by atoms with E-state index in [0.29, 0.717) is 5.69 Å². The molecule has 5 nitrogen and oxygen atoms in total. The van der Waals surface area contributed by atoms with E-state index in [1.807, 2.05) is 24.3 Å². The van der Waals surface area contributed by atoms with Gasteiger partial charge in [-0.3, -0.25) is 9.59 Å². The van der Waals surface area contributed by atoms with Gasteiger partial charge in [0.25, 0.3) is 0 Å². The number of benzene rings is 3. The third-order valence-corrected chi connectivity index (χ3v) is 7.42. The van der Waals surface area contributed by atoms with Crippen LogP contribution in [0, 0.1) is 11.8 Å². The Labute approximate surface area is 178 Å². The highest BCUT2D eigenvalue weighted by Crippen LogP contribution is 2.64. The topological polar surface area (TPSA) is 74.7 Å². The maximum Gasteiger partial charge on any atom is 0.335 e. The van der Waals surface area contributed by atoms with Crippen molar-refractivity contribution in [2.24, 2.45) is 11.8 Å². The average molecular weight is 409 g/mol. The number of carbonyl (C=O) groups excluding carboxylic acids is 2. The molecule has 2 bridgehead atoms. The normalized spacial score (nSPS) is 27.6. The molecule has 0 spiro atoms. The minimum Gasteiger partial charge on any atom is -0.478 e. The van der Waals surface area contributed by atoms with Gasteiger partial charge in [-0.2, -0.15) is 0 Å². The molecule has 0 aromatic heterocycles. The van der Waals surface area contributed by atoms with Crippen LogP contribution in [0.1, 0.15) is 45.5 Å². The second-order valence-corrected chi connectivity index (χ2v) is 8.72. The van der Waals surface area contributed by atoms with Gasteiger partial charge in [-0.1, -0.05) is 55.5 Å². The first-order chi connectivity index (χ1) is 14.9. The average Bonchev–Trinajstić information content (AvgIpc) is 3.06. The number of anilines is 1. The monoisotopic (exact) mass is 409 g/mol. The van der Waals surface area contributed by atoms with E-state index < -0.39 is 23.2 Å². The summed E-state index contributed by atoms with van der Waals surface area (Å²) < 4.78 is 0. The fourth-order valence-corrected chi connectivity index (χ4v) is 6.16. The molecule has 3 aromatic rings. The summed E-state index contributed by atoms with van der Waals surface area (Å²) >= 11 is 0. The first-order valence-corrected chi connectivity index (χ1v) is 10.3. The molecule has 0 saturated carbocycles. The van der Waals surface area contributed by atoms with Crippen LogP contribution in [-0.2, 0) is 15.0 Å². The molecule has 1 aliphatic heterocycles. The van der Waals surface area contributed by atoms with Gasteiger partial charge in [0.1, 0.15) is 0 Å². The first-order valence-electron chi connectivity index (χ1n) is 10.3. The number of carbonyl (C=O) groups is 3. The molecule has 31 heavy (non-hydrogen) atoms. The van der Waals surface area contributed by atoms with Crippen molar-refractivity contribution >= 4 is 23.5 Å². The van der Waals surface area contributed by atoms with Crippen LogP contribution in [0.3, 0.4) is 0 Å². The molecule has 152 valence electrons. The summed E-state index contributed by atoms with van der Waals surface area (Å²) in [7, 11) is 0. The number of amides is 2. The van der Waals surface area contributed by atoms with Crippen molar-refractivity contribution in [3.8, 4) is 0 Å². The Bertz CT molecular complexity index is 1250. The zero-order valence-corrected chi connectivity index (χ0v) is 16.8. The number of hydrogen-bond donors (Lipinski definition) is 1. The SMILES string of the molecule is CC12c3ccccc3C(c3ccccc31)[C@H]1C(=O)N(c3ccc(C(=O)O)cc3)C(=O)[C@H]12. The second-order valence-electron chi connectivity index (χ2n) is 8.72. The van der Waals surface area contributed by atoms with Crippen molar-refractivity contribution in [1.82, 2.24) is 0 Å². The van der Waals surface area contributed by atoms with Crippen LogP contribution >= 0.6 is 0 Å². The highest BCUT2D eigenvalue weighted by atomic mass is 16.4. The van der Waals surface area contributed by atoms with Gasteiger partial charge >= 0.3 is 5.97 Å². The lowest BCUT2D eigenvalue weighted by molar-refractivity contribution is -0.123. The van der Waals surface area contributed by atoms with Crippen molar-refractivity contribution in [2.75, 3.05) is 4.90 Å². The van der Waals surface area contributed by atoms with Crippen molar-refractivity contribution < 1.29 is 19.5 Å². The molecular weight excluding hydrogens is 390 g/mol. The Morgan fingerprint density at radius 1 is 0.839 bits per heavy atom. The van der Waals surface area contributed by atoms with E-state index >= 15 is 0 Å². The Morgan fingerprint density at radius 2 is 1.39 bits per heavy atom. The van der Waals surface area contributed by atoms with Gasteiger partial charge in [-0.25, -0.2) is 9.69 Å². The number of nitrogens with zero attached hydrogens (tertiary/aromatic N) is 1. The van der Waals surface area contributed by atoms with Gasteiger partial charge < -0.3 is 5.11 Å². The molecule has 2 amide bonds. The molecule has 1 fully saturated rings. The van der Waals surface area contributed by atoms with Crippen molar-refractivity contribution in [1.29, 1.82) is 0 Å². The Kier molecular flexibility index (Phi) is 3.45. The van der Waals surface area contributed by atoms with Gasteiger partial charge in [0, 0.05) is 11.3 Å². The third kappa shape index (κ3) is 2.08. The quantitative estimate of drug-likeness (QED) is 0.651. The zero-order chi connectivity index (χ0) is 21.5. The minimum absolute atomic E-state index is 0.118. The van der Waals surface area contributed by atoms with Crippen LogP contribution in [0.2, 0.25) is 0 Å². The maximum atomic E-state index is 13.8. The van der Waals surface area contributed by atoms with Crippen LogP contribution in [0.15, 0.2) is 72.8 Å². The van der Waals surface area contributed by atoms with Crippen molar-refractivity contribution in [2.45, 2.75) is 18.3 Å². The van der Waals surface area contributed by atoms with Crippen LogP contribution in [0.5, 0.6) is 0 Å². The number of rotatable bonds is 2. The Hall–Kier alpha value is -3.73. The van der Waals surface area contributed by atoms with E-state index in [0.717, 1.165) is 22.3 Å². The van der Waals surface area contributed by atoms with Gasteiger partial charge in [0.2, 0.25) is 11.8 Å². The van der Waals surface area contributed by atoms with E-state index in [1.165, 1.54) is 17.0 Å². The van der Waals surface area contributed by atoms with Crippen LogP contribution in [0.4, 0.5) is 5.69 Å².